The first-order valence-corrected chi connectivity index (χ1v) is 11.0. The van der Waals surface area contributed by atoms with E-state index in [1.165, 1.54) is 23.1 Å². The van der Waals surface area contributed by atoms with Gasteiger partial charge in [0.25, 0.3) is 11.8 Å². The highest BCUT2D eigenvalue weighted by Gasteiger charge is 2.34. The molecule has 0 unspecified atom stereocenters. The van der Waals surface area contributed by atoms with E-state index in [0.29, 0.717) is 34.9 Å². The number of nitrogens with zero attached hydrogens (tertiary/aromatic N) is 1. The van der Waals surface area contributed by atoms with Gasteiger partial charge in [-0.15, -0.1) is 0 Å². The van der Waals surface area contributed by atoms with Gasteiger partial charge in [-0.3, -0.25) is 19.8 Å². The summed E-state index contributed by atoms with van der Waals surface area (Å²) in [6.45, 7) is 2.37. The number of rotatable bonds is 7. The van der Waals surface area contributed by atoms with Crippen LogP contribution in [-0.2, 0) is 16.2 Å². The maximum absolute atomic E-state index is 13.4. The summed E-state index contributed by atoms with van der Waals surface area (Å²) in [5, 5.41) is 2.59. The van der Waals surface area contributed by atoms with Crippen LogP contribution >= 0.6 is 12.2 Å². The number of para-hydroxylation sites is 1. The minimum atomic E-state index is -0.577. The Hall–Kier alpha value is -4.04. The first-order chi connectivity index (χ1) is 16.5. The predicted octanol–water partition coefficient (Wildman–Crippen LogP) is 4.63. The number of amides is 2. The number of hydrogen-bond donors (Lipinski definition) is 1. The quantitative estimate of drug-likeness (QED) is 0.306. The van der Waals surface area contributed by atoms with Gasteiger partial charge in [0, 0.05) is 0 Å². The van der Waals surface area contributed by atoms with E-state index in [0.717, 1.165) is 0 Å². The fourth-order valence-electron chi connectivity index (χ4n) is 3.43. The van der Waals surface area contributed by atoms with Crippen LogP contribution < -0.4 is 19.7 Å². The summed E-state index contributed by atoms with van der Waals surface area (Å²) in [7, 11) is 0. The largest absolute Gasteiger partial charge is 0.490 e. The van der Waals surface area contributed by atoms with Crippen molar-refractivity contribution in [2.75, 3.05) is 11.5 Å². The van der Waals surface area contributed by atoms with Crippen LogP contribution in [0.2, 0.25) is 0 Å². The zero-order chi connectivity index (χ0) is 24.1. The molecule has 0 radical (unpaired) electrons. The van der Waals surface area contributed by atoms with Crippen LogP contribution in [0.3, 0.4) is 0 Å². The standard InChI is InChI=1S/C26H21FN2O4S/c1-2-32-23-15-17(11-12-22(23)33-16-18-7-6-8-19(27)13-18)14-21-24(30)28-26(34)29(25(21)31)20-9-4-3-5-10-20/h3-15H,2,16H2,1H3,(H,28,30,34)/b21-14-. The average Bonchev–Trinajstić information content (AvgIpc) is 2.82. The number of carbonyl (C=O) groups excluding carboxylic acids is 2. The summed E-state index contributed by atoms with van der Waals surface area (Å²) in [6, 6.07) is 20.1. The second-order valence-corrected chi connectivity index (χ2v) is 7.74. The molecule has 1 N–H and O–H groups in total. The van der Waals surface area contributed by atoms with Crippen molar-refractivity contribution in [2.45, 2.75) is 13.5 Å². The molecule has 1 aliphatic heterocycles. The molecule has 172 valence electrons. The van der Waals surface area contributed by atoms with Crippen LogP contribution in [0.5, 0.6) is 11.5 Å². The number of anilines is 1. The zero-order valence-electron chi connectivity index (χ0n) is 18.3. The van der Waals surface area contributed by atoms with Crippen molar-refractivity contribution in [2.24, 2.45) is 0 Å². The third kappa shape index (κ3) is 5.13. The van der Waals surface area contributed by atoms with E-state index < -0.39 is 11.8 Å². The molecule has 6 nitrogen and oxygen atoms in total. The van der Waals surface area contributed by atoms with Crippen LogP contribution in [-0.4, -0.2) is 23.5 Å². The molecule has 4 rings (SSSR count). The molecule has 0 atom stereocenters. The number of carbonyl (C=O) groups is 2. The number of nitrogens with one attached hydrogen (secondary N) is 1. The lowest BCUT2D eigenvalue weighted by Crippen LogP contribution is -2.54. The van der Waals surface area contributed by atoms with Gasteiger partial charge in [0.1, 0.15) is 18.0 Å². The van der Waals surface area contributed by atoms with Gasteiger partial charge in [0.05, 0.1) is 12.3 Å². The third-order valence-corrected chi connectivity index (χ3v) is 5.26. The Morgan fingerprint density at radius 1 is 0.971 bits per heavy atom. The number of thiocarbonyl (C=S) groups is 1. The maximum atomic E-state index is 13.4. The van der Waals surface area contributed by atoms with Gasteiger partial charge in [-0.2, -0.15) is 0 Å². The molecule has 1 heterocycles. The van der Waals surface area contributed by atoms with Crippen LogP contribution in [0.1, 0.15) is 18.1 Å². The summed E-state index contributed by atoms with van der Waals surface area (Å²) in [5.41, 5.74) is 1.74. The molecule has 0 aliphatic carbocycles. The molecule has 2 amide bonds. The summed E-state index contributed by atoms with van der Waals surface area (Å²) in [6.07, 6.45) is 1.48. The summed E-state index contributed by atoms with van der Waals surface area (Å²) >= 11 is 5.22. The normalized spacial score (nSPS) is 14.8. The molecule has 0 aromatic heterocycles. The fourth-order valence-corrected chi connectivity index (χ4v) is 3.71. The lowest BCUT2D eigenvalue weighted by molar-refractivity contribution is -0.122. The molecule has 1 fully saturated rings. The monoisotopic (exact) mass is 476 g/mol. The van der Waals surface area contributed by atoms with Crippen molar-refractivity contribution < 1.29 is 23.5 Å². The van der Waals surface area contributed by atoms with Gasteiger partial charge < -0.3 is 9.47 Å². The van der Waals surface area contributed by atoms with Gasteiger partial charge in [0.2, 0.25) is 0 Å². The van der Waals surface area contributed by atoms with Crippen molar-refractivity contribution in [3.63, 3.8) is 0 Å². The molecular weight excluding hydrogens is 455 g/mol. The number of hydrogen-bond acceptors (Lipinski definition) is 5. The first-order valence-electron chi connectivity index (χ1n) is 10.6. The van der Waals surface area contributed by atoms with E-state index in [9.17, 15) is 14.0 Å². The summed E-state index contributed by atoms with van der Waals surface area (Å²) < 4.78 is 25.0. The van der Waals surface area contributed by atoms with E-state index in [1.807, 2.05) is 13.0 Å². The molecule has 3 aromatic carbocycles. The van der Waals surface area contributed by atoms with Crippen molar-refractivity contribution in [3.05, 3.63) is 95.3 Å². The zero-order valence-corrected chi connectivity index (χ0v) is 19.1. The Morgan fingerprint density at radius 3 is 2.50 bits per heavy atom. The lowest BCUT2D eigenvalue weighted by Gasteiger charge is -2.28. The Kier molecular flexibility index (Phi) is 6.98. The van der Waals surface area contributed by atoms with Crippen LogP contribution in [0.25, 0.3) is 6.08 Å². The predicted molar refractivity (Wildman–Crippen MR) is 131 cm³/mol. The van der Waals surface area contributed by atoms with E-state index in [-0.39, 0.29) is 23.1 Å². The van der Waals surface area contributed by atoms with Gasteiger partial charge in [-0.05, 0) is 72.7 Å². The Morgan fingerprint density at radius 2 is 1.76 bits per heavy atom. The van der Waals surface area contributed by atoms with E-state index >= 15 is 0 Å². The Labute approximate surface area is 201 Å². The first kappa shape index (κ1) is 23.1. The highest BCUT2D eigenvalue weighted by atomic mass is 32.1. The Bertz CT molecular complexity index is 1280. The van der Waals surface area contributed by atoms with Crippen molar-refractivity contribution in [1.29, 1.82) is 0 Å². The highest BCUT2D eigenvalue weighted by molar-refractivity contribution is 7.80. The van der Waals surface area contributed by atoms with E-state index in [1.54, 1.807) is 54.6 Å². The van der Waals surface area contributed by atoms with Crippen LogP contribution in [0.4, 0.5) is 10.1 Å². The van der Waals surface area contributed by atoms with Crippen molar-refractivity contribution in [1.82, 2.24) is 5.32 Å². The average molecular weight is 477 g/mol. The van der Waals surface area contributed by atoms with Crippen molar-refractivity contribution >= 4 is 40.9 Å². The molecule has 8 heteroatoms. The highest BCUT2D eigenvalue weighted by Crippen LogP contribution is 2.31. The lowest BCUT2D eigenvalue weighted by atomic mass is 10.1. The molecule has 3 aromatic rings. The van der Waals surface area contributed by atoms with Crippen LogP contribution in [0.15, 0.2) is 78.4 Å². The van der Waals surface area contributed by atoms with Gasteiger partial charge in [0.15, 0.2) is 16.6 Å². The van der Waals surface area contributed by atoms with Crippen LogP contribution in [0, 0.1) is 5.82 Å². The molecule has 34 heavy (non-hydrogen) atoms. The SMILES string of the molecule is CCOc1cc(/C=C2/C(=O)NC(=S)N(c3ccccc3)C2=O)ccc1OCc1cccc(F)c1. The minimum absolute atomic E-state index is 0.0226. The number of halogens is 1. The molecular formula is C26H21FN2O4S. The molecule has 1 saturated heterocycles. The minimum Gasteiger partial charge on any atom is -0.490 e. The maximum Gasteiger partial charge on any atom is 0.270 e. The topological polar surface area (TPSA) is 67.9 Å². The van der Waals surface area contributed by atoms with Gasteiger partial charge >= 0.3 is 0 Å². The molecule has 0 bridgehead atoms. The van der Waals surface area contributed by atoms with E-state index in [4.69, 9.17) is 21.7 Å². The second kappa shape index (κ2) is 10.3. The smallest absolute Gasteiger partial charge is 0.270 e. The molecule has 0 spiro atoms. The second-order valence-electron chi connectivity index (χ2n) is 7.35. The Balaban J connectivity index is 1.61. The number of benzene rings is 3. The van der Waals surface area contributed by atoms with E-state index in [2.05, 4.69) is 5.32 Å². The third-order valence-electron chi connectivity index (χ3n) is 4.98. The van der Waals surface area contributed by atoms with Gasteiger partial charge in [-0.1, -0.05) is 36.4 Å². The molecule has 0 saturated carbocycles. The van der Waals surface area contributed by atoms with Crippen molar-refractivity contribution in [3.8, 4) is 11.5 Å². The molecule has 1 aliphatic rings. The van der Waals surface area contributed by atoms with Gasteiger partial charge in [-0.25, -0.2) is 4.39 Å². The summed E-state index contributed by atoms with van der Waals surface area (Å²) in [4.78, 5) is 27.0. The number of ether oxygens (including phenoxy) is 2. The fraction of sp³-hybridized carbons (Fsp3) is 0.115. The summed E-state index contributed by atoms with van der Waals surface area (Å²) in [5.74, 6) is -0.546.